The maximum absolute atomic E-state index is 11.7. The van der Waals surface area contributed by atoms with Crippen LogP contribution in [0.25, 0.3) is 0 Å². The van der Waals surface area contributed by atoms with Crippen LogP contribution >= 0.6 is 0 Å². The Hall–Kier alpha value is -1.69. The second kappa shape index (κ2) is 6.80. The average Bonchev–Trinajstić information content (AvgIpc) is 2.34. The lowest BCUT2D eigenvalue weighted by Gasteiger charge is -2.09. The molecular weight excluding hydrogens is 220 g/mol. The fourth-order valence-electron chi connectivity index (χ4n) is 1.26. The minimum Gasteiger partial charge on any atom is -0.481 e. The molecule has 0 unspecified atom stereocenters. The highest BCUT2D eigenvalue weighted by molar-refractivity contribution is 5.92. The van der Waals surface area contributed by atoms with E-state index in [0.717, 1.165) is 13.0 Å². The summed E-state index contributed by atoms with van der Waals surface area (Å²) < 4.78 is 4.92. The van der Waals surface area contributed by atoms with Crippen molar-refractivity contribution < 1.29 is 9.53 Å². The molecule has 6 heteroatoms. The van der Waals surface area contributed by atoms with Gasteiger partial charge in [0.15, 0.2) is 0 Å². The van der Waals surface area contributed by atoms with Crippen LogP contribution in [0.3, 0.4) is 0 Å². The van der Waals surface area contributed by atoms with E-state index in [-0.39, 0.29) is 5.91 Å². The van der Waals surface area contributed by atoms with Crippen LogP contribution in [0.2, 0.25) is 0 Å². The molecule has 0 spiro atoms. The number of nitrogens with one attached hydrogen (secondary N) is 1. The van der Waals surface area contributed by atoms with Crippen molar-refractivity contribution in [2.24, 2.45) is 0 Å². The van der Waals surface area contributed by atoms with Gasteiger partial charge < -0.3 is 15.0 Å². The fourth-order valence-corrected chi connectivity index (χ4v) is 1.26. The molecule has 0 aromatic carbocycles. The van der Waals surface area contributed by atoms with E-state index in [1.54, 1.807) is 0 Å². The van der Waals surface area contributed by atoms with Crippen molar-refractivity contribution in [1.82, 2.24) is 20.2 Å². The third-order valence-corrected chi connectivity index (χ3v) is 2.15. The largest absolute Gasteiger partial charge is 0.481 e. The number of hydrogen-bond acceptors (Lipinski definition) is 5. The molecule has 0 radical (unpaired) electrons. The van der Waals surface area contributed by atoms with E-state index in [9.17, 15) is 4.79 Å². The van der Waals surface area contributed by atoms with Gasteiger partial charge in [0.2, 0.25) is 5.88 Å². The molecule has 0 aliphatic carbocycles. The van der Waals surface area contributed by atoms with E-state index in [1.165, 1.54) is 19.5 Å². The maximum Gasteiger partial charge on any atom is 0.270 e. The number of hydrogen-bond donors (Lipinski definition) is 1. The minimum absolute atomic E-state index is 0.204. The Morgan fingerprint density at radius 3 is 2.88 bits per heavy atom. The van der Waals surface area contributed by atoms with Crippen molar-refractivity contribution in [3.05, 3.63) is 18.1 Å². The summed E-state index contributed by atoms with van der Waals surface area (Å²) in [4.78, 5) is 21.5. The molecule has 0 saturated heterocycles. The van der Waals surface area contributed by atoms with Gasteiger partial charge in [0.1, 0.15) is 12.0 Å². The van der Waals surface area contributed by atoms with Crippen molar-refractivity contribution in [2.45, 2.75) is 6.42 Å². The molecule has 0 atom stereocenters. The Kier molecular flexibility index (Phi) is 5.35. The molecule has 0 bridgehead atoms. The molecule has 94 valence electrons. The Morgan fingerprint density at radius 2 is 2.24 bits per heavy atom. The van der Waals surface area contributed by atoms with Crippen LogP contribution in [-0.2, 0) is 0 Å². The summed E-state index contributed by atoms with van der Waals surface area (Å²) in [5.41, 5.74) is 0.321. The van der Waals surface area contributed by atoms with E-state index >= 15 is 0 Å². The first-order chi connectivity index (χ1) is 8.13. The van der Waals surface area contributed by atoms with Crippen molar-refractivity contribution in [3.63, 3.8) is 0 Å². The fraction of sp³-hybridized carbons (Fsp3) is 0.545. The highest BCUT2D eigenvalue weighted by atomic mass is 16.5. The van der Waals surface area contributed by atoms with Crippen LogP contribution in [-0.4, -0.2) is 55.1 Å². The quantitative estimate of drug-likeness (QED) is 0.715. The summed E-state index contributed by atoms with van der Waals surface area (Å²) in [6.45, 7) is 1.57. The van der Waals surface area contributed by atoms with Crippen LogP contribution in [0.1, 0.15) is 16.9 Å². The van der Waals surface area contributed by atoms with Gasteiger partial charge in [-0.15, -0.1) is 0 Å². The minimum atomic E-state index is -0.204. The summed E-state index contributed by atoms with van der Waals surface area (Å²) in [5, 5.41) is 2.79. The molecule has 17 heavy (non-hydrogen) atoms. The lowest BCUT2D eigenvalue weighted by molar-refractivity contribution is 0.0946. The zero-order valence-electron chi connectivity index (χ0n) is 10.4. The SMILES string of the molecule is COc1cc(C(=O)NCCCN(C)C)ncn1. The van der Waals surface area contributed by atoms with Crippen LogP contribution in [0, 0.1) is 0 Å². The van der Waals surface area contributed by atoms with Crippen LogP contribution < -0.4 is 10.1 Å². The first kappa shape index (κ1) is 13.4. The predicted octanol–water partition coefficient (Wildman–Crippen LogP) is 0.167. The highest BCUT2D eigenvalue weighted by Gasteiger charge is 2.07. The molecule has 1 N–H and O–H groups in total. The molecule has 1 aromatic rings. The Morgan fingerprint density at radius 1 is 1.47 bits per heavy atom. The topological polar surface area (TPSA) is 67.3 Å². The number of carbonyl (C=O) groups excluding carboxylic acids is 1. The van der Waals surface area contributed by atoms with Crippen LogP contribution in [0.5, 0.6) is 5.88 Å². The van der Waals surface area contributed by atoms with Gasteiger partial charge in [0, 0.05) is 12.6 Å². The number of carbonyl (C=O) groups is 1. The van der Waals surface area contributed by atoms with Gasteiger partial charge in [0.05, 0.1) is 7.11 Å². The number of aromatic nitrogens is 2. The number of rotatable bonds is 6. The number of ether oxygens (including phenoxy) is 1. The van der Waals surface area contributed by atoms with Crippen LogP contribution in [0.4, 0.5) is 0 Å². The Bertz CT molecular complexity index is 368. The molecule has 0 fully saturated rings. The normalized spacial score (nSPS) is 10.4. The number of nitrogens with zero attached hydrogens (tertiary/aromatic N) is 3. The third-order valence-electron chi connectivity index (χ3n) is 2.15. The Labute approximate surface area is 101 Å². The predicted molar refractivity (Wildman–Crippen MR) is 64.1 cm³/mol. The van der Waals surface area contributed by atoms with Crippen LogP contribution in [0.15, 0.2) is 12.4 Å². The monoisotopic (exact) mass is 238 g/mol. The first-order valence-electron chi connectivity index (χ1n) is 5.42. The lowest BCUT2D eigenvalue weighted by Crippen LogP contribution is -2.27. The highest BCUT2D eigenvalue weighted by Crippen LogP contribution is 2.05. The summed E-state index contributed by atoms with van der Waals surface area (Å²) in [6.07, 6.45) is 2.22. The number of methoxy groups -OCH3 is 1. The molecule has 0 aliphatic rings. The molecule has 1 aromatic heterocycles. The van der Waals surface area contributed by atoms with Crippen molar-refractivity contribution in [1.29, 1.82) is 0 Å². The number of amides is 1. The van der Waals surface area contributed by atoms with Crippen molar-refractivity contribution >= 4 is 5.91 Å². The maximum atomic E-state index is 11.7. The van der Waals surface area contributed by atoms with E-state index in [2.05, 4.69) is 20.2 Å². The van der Waals surface area contributed by atoms with E-state index in [0.29, 0.717) is 18.1 Å². The molecule has 1 heterocycles. The smallest absolute Gasteiger partial charge is 0.270 e. The van der Waals surface area contributed by atoms with E-state index < -0.39 is 0 Å². The van der Waals surface area contributed by atoms with Gasteiger partial charge in [-0.25, -0.2) is 9.97 Å². The molecule has 0 saturated carbocycles. The average molecular weight is 238 g/mol. The lowest BCUT2D eigenvalue weighted by atomic mass is 10.3. The van der Waals surface area contributed by atoms with Gasteiger partial charge in [-0.05, 0) is 27.1 Å². The molecular formula is C11H18N4O2. The Balaban J connectivity index is 2.41. The van der Waals surface area contributed by atoms with E-state index in [4.69, 9.17) is 4.74 Å². The summed E-state index contributed by atoms with van der Waals surface area (Å²) in [7, 11) is 5.50. The molecule has 1 amide bonds. The second-order valence-electron chi connectivity index (χ2n) is 3.86. The van der Waals surface area contributed by atoms with Gasteiger partial charge >= 0.3 is 0 Å². The van der Waals surface area contributed by atoms with Crippen molar-refractivity contribution in [2.75, 3.05) is 34.3 Å². The van der Waals surface area contributed by atoms with Gasteiger partial charge in [0.25, 0.3) is 5.91 Å². The van der Waals surface area contributed by atoms with Gasteiger partial charge in [-0.3, -0.25) is 4.79 Å². The second-order valence-corrected chi connectivity index (χ2v) is 3.86. The van der Waals surface area contributed by atoms with Gasteiger partial charge in [-0.2, -0.15) is 0 Å². The summed E-state index contributed by atoms with van der Waals surface area (Å²) >= 11 is 0. The summed E-state index contributed by atoms with van der Waals surface area (Å²) in [6, 6.07) is 1.52. The standard InChI is InChI=1S/C11H18N4O2/c1-15(2)6-4-5-12-11(16)9-7-10(17-3)14-8-13-9/h7-8H,4-6H2,1-3H3,(H,12,16). The molecule has 0 aliphatic heterocycles. The zero-order chi connectivity index (χ0) is 12.7. The first-order valence-corrected chi connectivity index (χ1v) is 5.42. The molecule has 6 nitrogen and oxygen atoms in total. The molecule has 1 rings (SSSR count). The van der Waals surface area contributed by atoms with Crippen molar-refractivity contribution in [3.8, 4) is 5.88 Å². The van der Waals surface area contributed by atoms with Gasteiger partial charge in [-0.1, -0.05) is 0 Å². The summed E-state index contributed by atoms with van der Waals surface area (Å²) in [5.74, 6) is 0.183. The third kappa shape index (κ3) is 4.78. The van der Waals surface area contributed by atoms with E-state index in [1.807, 2.05) is 14.1 Å². The zero-order valence-corrected chi connectivity index (χ0v) is 10.4.